The quantitative estimate of drug-likeness (QED) is 0.663. The van der Waals surface area contributed by atoms with Crippen LogP contribution in [0.1, 0.15) is 64.8 Å². The van der Waals surface area contributed by atoms with E-state index in [0.717, 1.165) is 42.6 Å². The minimum absolute atomic E-state index is 0.126. The molecule has 3 fully saturated rings. The van der Waals surface area contributed by atoms with E-state index in [9.17, 15) is 19.2 Å². The number of amides is 4. The lowest BCUT2D eigenvalue weighted by Crippen LogP contribution is -2.54. The minimum atomic E-state index is -0.923. The van der Waals surface area contributed by atoms with Crippen molar-refractivity contribution in [2.24, 2.45) is 5.92 Å². The Labute approximate surface area is 181 Å². The summed E-state index contributed by atoms with van der Waals surface area (Å²) < 4.78 is 0. The van der Waals surface area contributed by atoms with Crippen molar-refractivity contribution in [3.63, 3.8) is 0 Å². The topological polar surface area (TPSA) is 98.8 Å². The monoisotopic (exact) mass is 424 g/mol. The summed E-state index contributed by atoms with van der Waals surface area (Å²) in [5.74, 6) is -1.07. The van der Waals surface area contributed by atoms with E-state index in [-0.39, 0.29) is 18.7 Å². The molecule has 4 amide bonds. The van der Waals surface area contributed by atoms with Gasteiger partial charge in [0.1, 0.15) is 6.04 Å². The highest BCUT2D eigenvalue weighted by atomic mass is 16.2. The number of imide groups is 2. The van der Waals surface area contributed by atoms with Crippen LogP contribution >= 0.6 is 0 Å². The Balaban J connectivity index is 1.35. The summed E-state index contributed by atoms with van der Waals surface area (Å²) >= 11 is 0. The molecule has 31 heavy (non-hydrogen) atoms. The molecule has 2 atom stereocenters. The lowest BCUT2D eigenvalue weighted by atomic mass is 10.0. The van der Waals surface area contributed by atoms with E-state index in [0.29, 0.717) is 17.2 Å². The largest absolute Gasteiger partial charge is 0.315 e. The van der Waals surface area contributed by atoms with Crippen LogP contribution in [0.15, 0.2) is 18.2 Å². The third kappa shape index (κ3) is 4.02. The molecule has 164 valence electrons. The molecule has 5 rings (SSSR count). The van der Waals surface area contributed by atoms with E-state index in [1.54, 1.807) is 6.07 Å². The Morgan fingerprint density at radius 3 is 2.52 bits per heavy atom. The molecule has 0 aromatic heterocycles. The van der Waals surface area contributed by atoms with Gasteiger partial charge in [-0.1, -0.05) is 6.07 Å². The Morgan fingerprint density at radius 2 is 1.81 bits per heavy atom. The molecule has 8 heteroatoms. The van der Waals surface area contributed by atoms with Gasteiger partial charge >= 0.3 is 0 Å². The number of piperidine rings is 2. The molecule has 1 aliphatic carbocycles. The summed E-state index contributed by atoms with van der Waals surface area (Å²) in [5, 5.41) is 5.73. The van der Waals surface area contributed by atoms with E-state index in [1.807, 2.05) is 12.1 Å². The van der Waals surface area contributed by atoms with Crippen molar-refractivity contribution in [3.8, 4) is 0 Å². The standard InChI is InChI=1S/C23H28N4O4/c28-20-8-7-19(21(29)25-20)27-22(30)17-6-5-15(10-18(17)23(27)31)13-26(12-14-3-4-14)16-2-1-9-24-11-16/h5-6,10,14,16,19,24H,1-4,7-9,11-13H2,(H,25,28,29). The summed E-state index contributed by atoms with van der Waals surface area (Å²) in [7, 11) is 0. The van der Waals surface area contributed by atoms with Crippen LogP contribution in [0.5, 0.6) is 0 Å². The van der Waals surface area contributed by atoms with Gasteiger partial charge in [-0.25, -0.2) is 0 Å². The van der Waals surface area contributed by atoms with Crippen molar-refractivity contribution >= 4 is 23.6 Å². The molecule has 1 aromatic rings. The summed E-state index contributed by atoms with van der Waals surface area (Å²) in [4.78, 5) is 53.2. The summed E-state index contributed by atoms with van der Waals surface area (Å²) in [6.45, 7) is 3.87. The van der Waals surface area contributed by atoms with Crippen molar-refractivity contribution in [1.29, 1.82) is 0 Å². The van der Waals surface area contributed by atoms with Crippen molar-refractivity contribution in [3.05, 3.63) is 34.9 Å². The zero-order valence-electron chi connectivity index (χ0n) is 17.6. The predicted molar refractivity (Wildman–Crippen MR) is 112 cm³/mol. The first-order valence-corrected chi connectivity index (χ1v) is 11.3. The average Bonchev–Trinajstić information content (AvgIpc) is 3.55. The highest BCUT2D eigenvalue weighted by Gasteiger charge is 2.44. The molecule has 2 saturated heterocycles. The fourth-order valence-electron chi connectivity index (χ4n) is 4.97. The first-order valence-electron chi connectivity index (χ1n) is 11.3. The number of fused-ring (bicyclic) bond motifs is 1. The van der Waals surface area contributed by atoms with Crippen molar-refractivity contribution in [1.82, 2.24) is 20.4 Å². The van der Waals surface area contributed by atoms with E-state index in [4.69, 9.17) is 0 Å². The van der Waals surface area contributed by atoms with Crippen LogP contribution in [0.4, 0.5) is 0 Å². The van der Waals surface area contributed by atoms with E-state index >= 15 is 0 Å². The second kappa shape index (κ2) is 8.16. The van der Waals surface area contributed by atoms with Gasteiger partial charge in [0.25, 0.3) is 11.8 Å². The molecular weight excluding hydrogens is 396 g/mol. The minimum Gasteiger partial charge on any atom is -0.315 e. The van der Waals surface area contributed by atoms with Crippen LogP contribution in [0.3, 0.4) is 0 Å². The van der Waals surface area contributed by atoms with Crippen LogP contribution in [0, 0.1) is 5.92 Å². The van der Waals surface area contributed by atoms with Gasteiger partial charge in [-0.15, -0.1) is 0 Å². The second-order valence-electron chi connectivity index (χ2n) is 9.20. The third-order valence-corrected chi connectivity index (χ3v) is 6.87. The molecule has 1 saturated carbocycles. The predicted octanol–water partition coefficient (Wildman–Crippen LogP) is 1.05. The van der Waals surface area contributed by atoms with Gasteiger partial charge in [0.05, 0.1) is 11.1 Å². The van der Waals surface area contributed by atoms with Crippen LogP contribution in [0.25, 0.3) is 0 Å². The number of hydrogen-bond acceptors (Lipinski definition) is 6. The lowest BCUT2D eigenvalue weighted by Gasteiger charge is -2.35. The maximum Gasteiger partial charge on any atom is 0.262 e. The number of carbonyl (C=O) groups is 4. The van der Waals surface area contributed by atoms with Gasteiger partial charge in [-0.3, -0.25) is 34.3 Å². The fourth-order valence-corrected chi connectivity index (χ4v) is 4.97. The van der Waals surface area contributed by atoms with Crippen LogP contribution in [-0.2, 0) is 16.1 Å². The average molecular weight is 425 g/mol. The number of carbonyl (C=O) groups excluding carboxylic acids is 4. The summed E-state index contributed by atoms with van der Waals surface area (Å²) in [5.41, 5.74) is 1.71. The first-order chi connectivity index (χ1) is 15.0. The SMILES string of the molecule is O=C1CCC(N2C(=O)c3ccc(CN(CC4CC4)C4CCCNC4)cc3C2=O)C(=O)N1. The van der Waals surface area contributed by atoms with E-state index in [1.165, 1.54) is 25.7 Å². The summed E-state index contributed by atoms with van der Waals surface area (Å²) in [6.07, 6.45) is 5.21. The highest BCUT2D eigenvalue weighted by molar-refractivity contribution is 6.23. The van der Waals surface area contributed by atoms with Crippen molar-refractivity contribution < 1.29 is 19.2 Å². The van der Waals surface area contributed by atoms with Crippen LogP contribution < -0.4 is 10.6 Å². The molecule has 8 nitrogen and oxygen atoms in total. The molecule has 1 aromatic carbocycles. The Morgan fingerprint density at radius 1 is 1.00 bits per heavy atom. The number of hydrogen-bond donors (Lipinski definition) is 2. The molecule has 2 unspecified atom stereocenters. The maximum absolute atomic E-state index is 13.1. The highest BCUT2D eigenvalue weighted by Crippen LogP contribution is 2.33. The van der Waals surface area contributed by atoms with Crippen molar-refractivity contribution in [2.75, 3.05) is 19.6 Å². The number of nitrogens with one attached hydrogen (secondary N) is 2. The lowest BCUT2D eigenvalue weighted by molar-refractivity contribution is -0.136. The van der Waals surface area contributed by atoms with Gasteiger partial charge in [-0.05, 0) is 62.3 Å². The molecule has 0 radical (unpaired) electrons. The molecule has 0 spiro atoms. The molecule has 4 aliphatic rings. The van der Waals surface area contributed by atoms with Gasteiger partial charge in [-0.2, -0.15) is 0 Å². The number of benzene rings is 1. The Kier molecular flexibility index (Phi) is 5.35. The molecule has 2 N–H and O–H groups in total. The van der Waals surface area contributed by atoms with Gasteiger partial charge in [0.15, 0.2) is 0 Å². The Bertz CT molecular complexity index is 936. The van der Waals surface area contributed by atoms with E-state index < -0.39 is 23.8 Å². The first kappa shape index (κ1) is 20.3. The maximum atomic E-state index is 13.1. The van der Waals surface area contributed by atoms with Gasteiger partial charge in [0, 0.05) is 32.1 Å². The number of nitrogens with zero attached hydrogens (tertiary/aromatic N) is 2. The van der Waals surface area contributed by atoms with Crippen LogP contribution in [-0.4, -0.2) is 65.1 Å². The molecule has 3 heterocycles. The number of rotatable bonds is 6. The summed E-state index contributed by atoms with van der Waals surface area (Å²) in [6, 6.07) is 5.02. The molecule has 0 bridgehead atoms. The normalized spacial score (nSPS) is 26.4. The smallest absolute Gasteiger partial charge is 0.262 e. The zero-order chi connectivity index (χ0) is 21.5. The van der Waals surface area contributed by atoms with Crippen LogP contribution in [0.2, 0.25) is 0 Å². The molecular formula is C23H28N4O4. The fraction of sp³-hybridized carbons (Fsp3) is 0.565. The third-order valence-electron chi connectivity index (χ3n) is 6.87. The Hall–Kier alpha value is -2.58. The van der Waals surface area contributed by atoms with Gasteiger partial charge < -0.3 is 5.32 Å². The second-order valence-corrected chi connectivity index (χ2v) is 9.20. The van der Waals surface area contributed by atoms with E-state index in [2.05, 4.69) is 15.5 Å². The zero-order valence-corrected chi connectivity index (χ0v) is 17.6. The van der Waals surface area contributed by atoms with Gasteiger partial charge in [0.2, 0.25) is 11.8 Å². The van der Waals surface area contributed by atoms with Crippen molar-refractivity contribution in [2.45, 2.75) is 57.2 Å². The molecule has 3 aliphatic heterocycles.